The van der Waals surface area contributed by atoms with Gasteiger partial charge in [-0.1, -0.05) is 22.9 Å². The maximum atomic E-state index is 8.88. The third-order valence-corrected chi connectivity index (χ3v) is 3.51. The number of rotatable bonds is 4. The molecule has 0 saturated heterocycles. The highest BCUT2D eigenvalue weighted by Gasteiger charge is 2.05. The second-order valence-corrected chi connectivity index (χ2v) is 4.76. The van der Waals surface area contributed by atoms with E-state index in [1.165, 1.54) is 11.1 Å². The van der Waals surface area contributed by atoms with Crippen molar-refractivity contribution in [3.05, 3.63) is 27.7 Å². The van der Waals surface area contributed by atoms with Crippen LogP contribution in [-0.4, -0.2) is 18.3 Å². The Morgan fingerprint density at radius 1 is 1.33 bits per heavy atom. The van der Waals surface area contributed by atoms with Crippen molar-refractivity contribution in [3.63, 3.8) is 0 Å². The first kappa shape index (κ1) is 12.5. The fourth-order valence-corrected chi connectivity index (χ4v) is 1.51. The number of aryl methyl sites for hydroxylation is 2. The lowest BCUT2D eigenvalue weighted by molar-refractivity contribution is 0.174. The predicted molar refractivity (Wildman–Crippen MR) is 65.4 cm³/mol. The minimum absolute atomic E-state index is 0.161. The number of aliphatic hydroxyl groups is 1. The molecule has 1 rings (SSSR count). The predicted octanol–water partition coefficient (Wildman–Crippen LogP) is 3.07. The second-order valence-electron chi connectivity index (χ2n) is 3.97. The Labute approximate surface area is 99.4 Å². The highest BCUT2D eigenvalue weighted by Crippen LogP contribution is 2.26. The van der Waals surface area contributed by atoms with E-state index >= 15 is 0 Å². The minimum atomic E-state index is 0.161. The molecule has 1 atom stereocenters. The van der Waals surface area contributed by atoms with Gasteiger partial charge >= 0.3 is 0 Å². The molecule has 0 bridgehead atoms. The van der Waals surface area contributed by atoms with E-state index in [-0.39, 0.29) is 12.5 Å². The SMILES string of the molecule is Cc1cc(OC[C@H](C)CO)cc(C)c1Br. The van der Waals surface area contributed by atoms with E-state index in [9.17, 15) is 0 Å². The quantitative estimate of drug-likeness (QED) is 0.913. The zero-order chi connectivity index (χ0) is 11.4. The molecule has 0 aliphatic heterocycles. The van der Waals surface area contributed by atoms with Crippen molar-refractivity contribution in [1.29, 1.82) is 0 Å². The molecule has 2 nitrogen and oxygen atoms in total. The highest BCUT2D eigenvalue weighted by molar-refractivity contribution is 9.10. The van der Waals surface area contributed by atoms with Crippen molar-refractivity contribution in [3.8, 4) is 5.75 Å². The number of aliphatic hydroxyl groups excluding tert-OH is 1. The third kappa shape index (κ3) is 3.50. The first-order valence-corrected chi connectivity index (χ1v) is 5.84. The number of halogens is 1. The normalized spacial score (nSPS) is 12.6. The number of benzene rings is 1. The highest BCUT2D eigenvalue weighted by atomic mass is 79.9. The summed E-state index contributed by atoms with van der Waals surface area (Å²) in [5.41, 5.74) is 2.34. The summed E-state index contributed by atoms with van der Waals surface area (Å²) in [4.78, 5) is 0. The van der Waals surface area contributed by atoms with Gasteiger partial charge in [-0.05, 0) is 37.1 Å². The molecule has 0 spiro atoms. The summed E-state index contributed by atoms with van der Waals surface area (Å²) >= 11 is 3.51. The van der Waals surface area contributed by atoms with E-state index in [0.717, 1.165) is 10.2 Å². The minimum Gasteiger partial charge on any atom is -0.493 e. The van der Waals surface area contributed by atoms with Crippen LogP contribution in [0.2, 0.25) is 0 Å². The van der Waals surface area contributed by atoms with Crippen LogP contribution in [0.1, 0.15) is 18.1 Å². The van der Waals surface area contributed by atoms with Crippen LogP contribution in [-0.2, 0) is 0 Å². The van der Waals surface area contributed by atoms with Gasteiger partial charge in [-0.25, -0.2) is 0 Å². The molecular weight excluding hydrogens is 256 g/mol. The smallest absolute Gasteiger partial charge is 0.119 e. The molecule has 0 aliphatic carbocycles. The van der Waals surface area contributed by atoms with Gasteiger partial charge in [-0.15, -0.1) is 0 Å². The van der Waals surface area contributed by atoms with Crippen molar-refractivity contribution in [2.24, 2.45) is 5.92 Å². The Morgan fingerprint density at radius 3 is 2.33 bits per heavy atom. The van der Waals surface area contributed by atoms with Crippen molar-refractivity contribution >= 4 is 15.9 Å². The van der Waals surface area contributed by atoms with Crippen molar-refractivity contribution in [2.45, 2.75) is 20.8 Å². The van der Waals surface area contributed by atoms with Crippen molar-refractivity contribution in [1.82, 2.24) is 0 Å². The van der Waals surface area contributed by atoms with Crippen LogP contribution in [0.5, 0.6) is 5.75 Å². The monoisotopic (exact) mass is 272 g/mol. The molecule has 0 amide bonds. The lowest BCUT2D eigenvalue weighted by Gasteiger charge is -2.12. The van der Waals surface area contributed by atoms with E-state index in [1.54, 1.807) is 0 Å². The van der Waals surface area contributed by atoms with Gasteiger partial charge in [0.15, 0.2) is 0 Å². The fourth-order valence-electron chi connectivity index (χ4n) is 1.28. The zero-order valence-electron chi connectivity index (χ0n) is 9.38. The molecule has 0 unspecified atom stereocenters. The zero-order valence-corrected chi connectivity index (χ0v) is 11.0. The Morgan fingerprint density at radius 2 is 1.87 bits per heavy atom. The van der Waals surface area contributed by atoms with E-state index in [2.05, 4.69) is 15.9 Å². The summed E-state index contributed by atoms with van der Waals surface area (Å²) in [5, 5.41) is 8.88. The van der Waals surface area contributed by atoms with Crippen LogP contribution in [0.3, 0.4) is 0 Å². The molecule has 0 aliphatic rings. The van der Waals surface area contributed by atoms with Crippen molar-refractivity contribution in [2.75, 3.05) is 13.2 Å². The van der Waals surface area contributed by atoms with E-state index in [1.807, 2.05) is 32.9 Å². The maximum Gasteiger partial charge on any atom is 0.119 e. The number of hydrogen-bond acceptors (Lipinski definition) is 2. The third-order valence-electron chi connectivity index (χ3n) is 2.26. The number of ether oxygens (including phenoxy) is 1. The van der Waals surface area contributed by atoms with Crippen LogP contribution in [0, 0.1) is 19.8 Å². The fraction of sp³-hybridized carbons (Fsp3) is 0.500. The summed E-state index contributed by atoms with van der Waals surface area (Å²) in [6.45, 7) is 6.75. The first-order chi connectivity index (χ1) is 7.04. The maximum absolute atomic E-state index is 8.88. The van der Waals surface area contributed by atoms with Gasteiger partial charge in [0.2, 0.25) is 0 Å². The Hall–Kier alpha value is -0.540. The van der Waals surface area contributed by atoms with Gasteiger partial charge in [0.1, 0.15) is 5.75 Å². The lowest BCUT2D eigenvalue weighted by atomic mass is 10.1. The molecule has 1 aromatic rings. The lowest BCUT2D eigenvalue weighted by Crippen LogP contribution is -2.12. The Kier molecular flexibility index (Phi) is 4.61. The van der Waals surface area contributed by atoms with Crippen molar-refractivity contribution < 1.29 is 9.84 Å². The molecule has 0 aromatic heterocycles. The van der Waals surface area contributed by atoms with E-state index in [4.69, 9.17) is 9.84 Å². The van der Waals surface area contributed by atoms with Crippen LogP contribution >= 0.6 is 15.9 Å². The van der Waals surface area contributed by atoms with Gasteiger partial charge in [-0.3, -0.25) is 0 Å². The van der Waals surface area contributed by atoms with E-state index in [0.29, 0.717) is 6.61 Å². The summed E-state index contributed by atoms with van der Waals surface area (Å²) in [6.07, 6.45) is 0. The van der Waals surface area contributed by atoms with Gasteiger partial charge in [0.05, 0.1) is 6.61 Å². The van der Waals surface area contributed by atoms with Crippen LogP contribution < -0.4 is 4.74 Å². The number of hydrogen-bond donors (Lipinski definition) is 1. The molecular formula is C12H17BrO2. The second kappa shape index (κ2) is 5.52. The Bertz CT molecular complexity index is 313. The van der Waals surface area contributed by atoms with Gasteiger partial charge in [-0.2, -0.15) is 0 Å². The average molecular weight is 273 g/mol. The summed E-state index contributed by atoms with van der Waals surface area (Å²) in [7, 11) is 0. The van der Waals surface area contributed by atoms with Gasteiger partial charge in [0, 0.05) is 17.0 Å². The molecule has 3 heteroatoms. The molecule has 0 heterocycles. The summed E-state index contributed by atoms with van der Waals surface area (Å²) in [5.74, 6) is 1.04. The Balaban J connectivity index is 2.70. The summed E-state index contributed by atoms with van der Waals surface area (Å²) < 4.78 is 6.72. The molecule has 0 saturated carbocycles. The average Bonchev–Trinajstić information content (AvgIpc) is 2.22. The first-order valence-electron chi connectivity index (χ1n) is 5.05. The standard InChI is InChI=1S/C12H17BrO2/c1-8(6-14)7-15-11-4-9(2)12(13)10(3)5-11/h4-5,8,14H,6-7H2,1-3H3/t8-/m1/s1. The van der Waals surface area contributed by atoms with Crippen LogP contribution in [0.15, 0.2) is 16.6 Å². The van der Waals surface area contributed by atoms with Gasteiger partial charge in [0.25, 0.3) is 0 Å². The molecule has 84 valence electrons. The molecule has 0 radical (unpaired) electrons. The van der Waals surface area contributed by atoms with Crippen LogP contribution in [0.25, 0.3) is 0 Å². The molecule has 1 aromatic carbocycles. The molecule has 1 N–H and O–H groups in total. The summed E-state index contributed by atoms with van der Waals surface area (Å²) in [6, 6.07) is 4.00. The van der Waals surface area contributed by atoms with Gasteiger partial charge < -0.3 is 9.84 Å². The largest absolute Gasteiger partial charge is 0.493 e. The van der Waals surface area contributed by atoms with E-state index < -0.39 is 0 Å². The molecule has 15 heavy (non-hydrogen) atoms. The molecule has 0 fully saturated rings. The topological polar surface area (TPSA) is 29.5 Å². The van der Waals surface area contributed by atoms with Crippen LogP contribution in [0.4, 0.5) is 0 Å².